The zero-order valence-corrected chi connectivity index (χ0v) is 10.7. The van der Waals surface area contributed by atoms with Crippen molar-refractivity contribution in [2.24, 2.45) is 11.7 Å². The first kappa shape index (κ1) is 11.9. The summed E-state index contributed by atoms with van der Waals surface area (Å²) in [5, 5.41) is 9.04. The fourth-order valence-electron chi connectivity index (χ4n) is 2.17. The minimum absolute atomic E-state index is 0.0822. The van der Waals surface area contributed by atoms with Crippen LogP contribution >= 0.6 is 15.9 Å². The Balaban J connectivity index is 2.00. The maximum absolute atomic E-state index is 9.04. The molecule has 1 aliphatic rings. The molecule has 1 heterocycles. The van der Waals surface area contributed by atoms with Crippen molar-refractivity contribution in [2.75, 3.05) is 24.6 Å². The van der Waals surface area contributed by atoms with Crippen LogP contribution in [0.3, 0.4) is 0 Å². The molecule has 1 fully saturated rings. The zero-order valence-electron chi connectivity index (χ0n) is 9.14. The summed E-state index contributed by atoms with van der Waals surface area (Å²) in [7, 11) is 0. The lowest BCUT2D eigenvalue weighted by atomic mass is 10.0. The van der Waals surface area contributed by atoms with Crippen LogP contribution in [-0.4, -0.2) is 30.8 Å². The highest BCUT2D eigenvalue weighted by Crippen LogP contribution is 2.26. The van der Waals surface area contributed by atoms with E-state index in [1.54, 1.807) is 0 Å². The van der Waals surface area contributed by atoms with E-state index < -0.39 is 0 Å². The summed E-state index contributed by atoms with van der Waals surface area (Å²) >= 11 is 3.43. The number of halogens is 1. The molecule has 1 aromatic carbocycles. The molecule has 0 aliphatic carbocycles. The number of hydrogen-bond acceptors (Lipinski definition) is 3. The van der Waals surface area contributed by atoms with Gasteiger partial charge in [0.25, 0.3) is 0 Å². The van der Waals surface area contributed by atoms with Crippen LogP contribution in [0.2, 0.25) is 0 Å². The molecular weight excluding hydrogens is 268 g/mol. The number of aliphatic hydroxyl groups excluding tert-OH is 1. The van der Waals surface area contributed by atoms with Crippen molar-refractivity contribution in [1.29, 1.82) is 0 Å². The Morgan fingerprint density at radius 1 is 1.44 bits per heavy atom. The average molecular weight is 285 g/mol. The second-order valence-corrected chi connectivity index (χ2v) is 5.23. The van der Waals surface area contributed by atoms with Crippen molar-refractivity contribution in [3.8, 4) is 0 Å². The normalized spacial score (nSPS) is 22.4. The quantitative estimate of drug-likeness (QED) is 0.887. The molecule has 3 N–H and O–H groups in total. The van der Waals surface area contributed by atoms with E-state index >= 15 is 0 Å². The molecule has 0 aromatic heterocycles. The molecule has 16 heavy (non-hydrogen) atoms. The molecule has 0 amide bonds. The van der Waals surface area contributed by atoms with E-state index in [0.717, 1.165) is 24.0 Å². The molecule has 4 heteroatoms. The van der Waals surface area contributed by atoms with E-state index in [2.05, 4.69) is 45.1 Å². The minimum atomic E-state index is -0.0829. The van der Waals surface area contributed by atoms with Gasteiger partial charge in [-0.1, -0.05) is 15.9 Å². The molecule has 2 atom stereocenters. The maximum atomic E-state index is 9.04. The van der Waals surface area contributed by atoms with Crippen LogP contribution in [0, 0.1) is 5.92 Å². The summed E-state index contributed by atoms with van der Waals surface area (Å²) in [6.45, 7) is 2.06. The number of rotatable bonds is 3. The second kappa shape index (κ2) is 5.17. The van der Waals surface area contributed by atoms with Gasteiger partial charge in [0.15, 0.2) is 0 Å². The van der Waals surface area contributed by atoms with Crippen LogP contribution in [-0.2, 0) is 0 Å². The highest BCUT2D eigenvalue weighted by Gasteiger charge is 2.26. The lowest BCUT2D eigenvalue weighted by Gasteiger charge is -2.20. The van der Waals surface area contributed by atoms with E-state index in [9.17, 15) is 0 Å². The van der Waals surface area contributed by atoms with Crippen molar-refractivity contribution in [1.82, 2.24) is 0 Å². The molecule has 88 valence electrons. The fourth-order valence-corrected chi connectivity index (χ4v) is 2.44. The first-order valence-electron chi connectivity index (χ1n) is 5.57. The predicted molar refractivity (Wildman–Crippen MR) is 69.5 cm³/mol. The van der Waals surface area contributed by atoms with Crippen molar-refractivity contribution < 1.29 is 5.11 Å². The van der Waals surface area contributed by atoms with E-state index in [4.69, 9.17) is 10.8 Å². The van der Waals surface area contributed by atoms with Gasteiger partial charge in [0.2, 0.25) is 0 Å². The number of nitrogens with zero attached hydrogens (tertiary/aromatic N) is 1. The molecule has 1 aromatic rings. The molecule has 1 saturated heterocycles. The summed E-state index contributed by atoms with van der Waals surface area (Å²) in [6.07, 6.45) is 1.07. The van der Waals surface area contributed by atoms with Crippen molar-refractivity contribution in [3.05, 3.63) is 28.7 Å². The number of anilines is 1. The Hall–Kier alpha value is -0.580. The van der Waals surface area contributed by atoms with Crippen LogP contribution in [0.25, 0.3) is 0 Å². The molecule has 0 bridgehead atoms. The van der Waals surface area contributed by atoms with Gasteiger partial charge >= 0.3 is 0 Å². The summed E-state index contributed by atoms with van der Waals surface area (Å²) in [4.78, 5) is 2.33. The highest BCUT2D eigenvalue weighted by atomic mass is 79.9. The first-order valence-corrected chi connectivity index (χ1v) is 6.37. The second-order valence-electron chi connectivity index (χ2n) is 4.32. The lowest BCUT2D eigenvalue weighted by Crippen LogP contribution is -2.35. The number of aliphatic hydroxyl groups is 1. The third-order valence-electron chi connectivity index (χ3n) is 3.23. The van der Waals surface area contributed by atoms with Crippen LogP contribution < -0.4 is 10.6 Å². The molecule has 0 spiro atoms. The van der Waals surface area contributed by atoms with Crippen molar-refractivity contribution >= 4 is 21.6 Å². The number of hydrogen-bond donors (Lipinski definition) is 2. The predicted octanol–water partition coefficient (Wildman–Crippen LogP) is 1.59. The Labute approximate surface area is 104 Å². The van der Waals surface area contributed by atoms with Gasteiger partial charge in [0, 0.05) is 29.3 Å². The number of benzene rings is 1. The van der Waals surface area contributed by atoms with E-state index in [1.807, 2.05) is 0 Å². The third-order valence-corrected chi connectivity index (χ3v) is 3.76. The van der Waals surface area contributed by atoms with Crippen LogP contribution in [0.1, 0.15) is 6.42 Å². The summed E-state index contributed by atoms with van der Waals surface area (Å²) < 4.78 is 1.10. The fraction of sp³-hybridized carbons (Fsp3) is 0.500. The van der Waals surface area contributed by atoms with E-state index in [-0.39, 0.29) is 12.6 Å². The Morgan fingerprint density at radius 3 is 2.75 bits per heavy atom. The molecule has 1 aliphatic heterocycles. The highest BCUT2D eigenvalue weighted by molar-refractivity contribution is 9.10. The summed E-state index contributed by atoms with van der Waals surface area (Å²) in [5.74, 6) is 0.411. The molecular formula is C12H17BrN2O. The van der Waals surface area contributed by atoms with E-state index in [0.29, 0.717) is 5.92 Å². The first-order chi connectivity index (χ1) is 7.70. The SMILES string of the molecule is NC(CO)C1CCN(c2ccc(Br)cc2)C1. The number of nitrogens with two attached hydrogens (primary N) is 1. The Bertz CT molecular complexity index is 341. The standard InChI is InChI=1S/C12H17BrN2O/c13-10-1-3-11(4-2-10)15-6-5-9(7-15)12(14)8-16/h1-4,9,12,16H,5-8,14H2. The summed E-state index contributed by atoms with van der Waals surface area (Å²) in [6, 6.07) is 8.23. The maximum Gasteiger partial charge on any atom is 0.0585 e. The molecule has 0 saturated carbocycles. The topological polar surface area (TPSA) is 49.5 Å². The summed E-state index contributed by atoms with van der Waals surface area (Å²) in [5.41, 5.74) is 7.09. The largest absolute Gasteiger partial charge is 0.395 e. The average Bonchev–Trinajstić information content (AvgIpc) is 2.78. The molecule has 2 rings (SSSR count). The Kier molecular flexibility index (Phi) is 3.84. The monoisotopic (exact) mass is 284 g/mol. The van der Waals surface area contributed by atoms with Gasteiger partial charge in [-0.3, -0.25) is 0 Å². The van der Waals surface area contributed by atoms with Crippen LogP contribution in [0.4, 0.5) is 5.69 Å². The molecule has 0 radical (unpaired) electrons. The minimum Gasteiger partial charge on any atom is -0.395 e. The van der Waals surface area contributed by atoms with Gasteiger partial charge in [-0.2, -0.15) is 0 Å². The van der Waals surface area contributed by atoms with E-state index in [1.165, 1.54) is 5.69 Å². The lowest BCUT2D eigenvalue weighted by molar-refractivity contribution is 0.233. The van der Waals surface area contributed by atoms with Gasteiger partial charge in [0.1, 0.15) is 0 Å². The third kappa shape index (κ3) is 2.56. The van der Waals surface area contributed by atoms with Crippen molar-refractivity contribution in [3.63, 3.8) is 0 Å². The van der Waals surface area contributed by atoms with Gasteiger partial charge in [-0.15, -0.1) is 0 Å². The van der Waals surface area contributed by atoms with Crippen LogP contribution in [0.5, 0.6) is 0 Å². The smallest absolute Gasteiger partial charge is 0.0585 e. The van der Waals surface area contributed by atoms with Crippen LogP contribution in [0.15, 0.2) is 28.7 Å². The molecule has 2 unspecified atom stereocenters. The van der Waals surface area contributed by atoms with Crippen molar-refractivity contribution in [2.45, 2.75) is 12.5 Å². The zero-order chi connectivity index (χ0) is 11.5. The van der Waals surface area contributed by atoms with Gasteiger partial charge in [-0.25, -0.2) is 0 Å². The Morgan fingerprint density at radius 2 is 2.12 bits per heavy atom. The van der Waals surface area contributed by atoms with Gasteiger partial charge in [0.05, 0.1) is 6.61 Å². The van der Waals surface area contributed by atoms with Gasteiger partial charge < -0.3 is 15.7 Å². The molecule has 3 nitrogen and oxygen atoms in total. The van der Waals surface area contributed by atoms with Gasteiger partial charge in [-0.05, 0) is 36.6 Å².